The number of amides is 1. The minimum Gasteiger partial charge on any atom is -0.476 e. The Morgan fingerprint density at radius 3 is 2.79 bits per heavy atom. The topological polar surface area (TPSA) is 112 Å². The first-order chi connectivity index (χ1) is 9.06. The summed E-state index contributed by atoms with van der Waals surface area (Å²) in [6.07, 6.45) is 1.31. The van der Waals surface area contributed by atoms with E-state index >= 15 is 0 Å². The maximum atomic E-state index is 11.7. The summed E-state index contributed by atoms with van der Waals surface area (Å²) in [4.78, 5) is 39.4. The second-order valence-electron chi connectivity index (χ2n) is 3.56. The second kappa shape index (κ2) is 5.44. The standard InChI is InChI=1S/C11H9N3O4S/c15-8-2-1-6(3-12-8)10(16)13-4-9-14-7(5-19-9)11(17)18/h1-3,5H,4H2,(H,12,15)(H,13,16)(H,17,18). The minimum absolute atomic E-state index is 0.0432. The van der Waals surface area contributed by atoms with Gasteiger partial charge in [-0.05, 0) is 6.07 Å². The van der Waals surface area contributed by atoms with Crippen molar-refractivity contribution in [2.45, 2.75) is 6.54 Å². The third-order valence-electron chi connectivity index (χ3n) is 2.22. The lowest BCUT2D eigenvalue weighted by Gasteiger charge is -2.02. The van der Waals surface area contributed by atoms with E-state index in [1.54, 1.807) is 0 Å². The Kier molecular flexibility index (Phi) is 3.71. The van der Waals surface area contributed by atoms with E-state index in [0.717, 1.165) is 11.3 Å². The molecule has 0 bridgehead atoms. The second-order valence-corrected chi connectivity index (χ2v) is 4.50. The average molecular weight is 279 g/mol. The number of nitrogens with zero attached hydrogens (tertiary/aromatic N) is 1. The van der Waals surface area contributed by atoms with Crippen LogP contribution in [0.25, 0.3) is 0 Å². The summed E-state index contributed by atoms with van der Waals surface area (Å²) >= 11 is 1.15. The summed E-state index contributed by atoms with van der Waals surface area (Å²) in [5.41, 5.74) is -0.0181. The zero-order chi connectivity index (χ0) is 13.8. The summed E-state index contributed by atoms with van der Waals surface area (Å²) in [5.74, 6) is -1.47. The van der Waals surface area contributed by atoms with Gasteiger partial charge in [-0.15, -0.1) is 11.3 Å². The average Bonchev–Trinajstić information content (AvgIpc) is 2.86. The smallest absolute Gasteiger partial charge is 0.355 e. The lowest BCUT2D eigenvalue weighted by molar-refractivity contribution is 0.0691. The number of aromatic nitrogens is 2. The highest BCUT2D eigenvalue weighted by atomic mass is 32.1. The summed E-state index contributed by atoms with van der Waals surface area (Å²) in [6, 6.07) is 2.65. The number of hydrogen-bond acceptors (Lipinski definition) is 5. The molecular weight excluding hydrogens is 270 g/mol. The number of carbonyl (C=O) groups is 2. The molecule has 0 atom stereocenters. The highest BCUT2D eigenvalue weighted by molar-refractivity contribution is 7.09. The lowest BCUT2D eigenvalue weighted by Crippen LogP contribution is -2.23. The van der Waals surface area contributed by atoms with Crippen molar-refractivity contribution in [3.05, 3.63) is 50.3 Å². The first-order valence-electron chi connectivity index (χ1n) is 5.21. The molecule has 0 aliphatic carbocycles. The molecule has 0 aromatic carbocycles. The molecule has 19 heavy (non-hydrogen) atoms. The molecule has 2 aromatic heterocycles. The van der Waals surface area contributed by atoms with Gasteiger partial charge in [0.25, 0.3) is 5.91 Å². The van der Waals surface area contributed by atoms with Crippen molar-refractivity contribution in [2.75, 3.05) is 0 Å². The third kappa shape index (κ3) is 3.26. The quantitative estimate of drug-likeness (QED) is 0.752. The number of pyridine rings is 1. The number of carboxylic acid groups (broad SMARTS) is 1. The van der Waals surface area contributed by atoms with Gasteiger partial charge in [0.05, 0.1) is 12.1 Å². The predicted octanol–water partition coefficient (Wildman–Crippen LogP) is 0.460. The number of carbonyl (C=O) groups excluding carboxylic acids is 1. The highest BCUT2D eigenvalue weighted by Gasteiger charge is 2.10. The molecule has 2 aromatic rings. The Bertz CT molecular complexity index is 656. The number of hydrogen-bond donors (Lipinski definition) is 3. The SMILES string of the molecule is O=C(NCc1nc(C(=O)O)cs1)c1ccc(=O)[nH]c1. The van der Waals surface area contributed by atoms with Crippen LogP contribution in [0.3, 0.4) is 0 Å². The number of aromatic amines is 1. The summed E-state index contributed by atoms with van der Waals surface area (Å²) in [6.45, 7) is 0.135. The van der Waals surface area contributed by atoms with Gasteiger partial charge >= 0.3 is 5.97 Å². The van der Waals surface area contributed by atoms with E-state index in [-0.39, 0.29) is 23.7 Å². The maximum absolute atomic E-state index is 11.7. The minimum atomic E-state index is -1.10. The van der Waals surface area contributed by atoms with Crippen LogP contribution in [-0.2, 0) is 6.54 Å². The van der Waals surface area contributed by atoms with Crippen LogP contribution in [0.15, 0.2) is 28.5 Å². The zero-order valence-corrected chi connectivity index (χ0v) is 10.4. The van der Waals surface area contributed by atoms with Gasteiger partial charge in [-0.25, -0.2) is 9.78 Å². The van der Waals surface area contributed by atoms with Crippen LogP contribution in [0.1, 0.15) is 25.9 Å². The molecule has 0 saturated heterocycles. The first kappa shape index (κ1) is 13.0. The van der Waals surface area contributed by atoms with Gasteiger partial charge in [0.2, 0.25) is 5.56 Å². The first-order valence-corrected chi connectivity index (χ1v) is 6.09. The van der Waals surface area contributed by atoms with Crippen LogP contribution in [0.5, 0.6) is 0 Å². The van der Waals surface area contributed by atoms with Crippen LogP contribution < -0.4 is 10.9 Å². The van der Waals surface area contributed by atoms with E-state index in [4.69, 9.17) is 5.11 Å². The number of nitrogens with one attached hydrogen (secondary N) is 2. The molecule has 0 radical (unpaired) electrons. The summed E-state index contributed by atoms with van der Waals surface area (Å²) < 4.78 is 0. The zero-order valence-electron chi connectivity index (χ0n) is 9.54. The van der Waals surface area contributed by atoms with Crippen molar-refractivity contribution in [3.8, 4) is 0 Å². The number of rotatable bonds is 4. The maximum Gasteiger partial charge on any atom is 0.355 e. The van der Waals surface area contributed by atoms with Crippen molar-refractivity contribution in [1.29, 1.82) is 0 Å². The number of aromatic carboxylic acids is 1. The van der Waals surface area contributed by atoms with Gasteiger partial charge in [-0.3, -0.25) is 9.59 Å². The molecule has 0 spiro atoms. The Morgan fingerprint density at radius 2 is 2.21 bits per heavy atom. The van der Waals surface area contributed by atoms with Gasteiger partial charge < -0.3 is 15.4 Å². The normalized spacial score (nSPS) is 10.1. The van der Waals surface area contributed by atoms with E-state index in [1.807, 2.05) is 0 Å². The van der Waals surface area contributed by atoms with E-state index < -0.39 is 5.97 Å². The van der Waals surface area contributed by atoms with Crippen molar-refractivity contribution in [3.63, 3.8) is 0 Å². The number of carboxylic acids is 1. The molecular formula is C11H9N3O4S. The molecule has 3 N–H and O–H groups in total. The van der Waals surface area contributed by atoms with Crippen molar-refractivity contribution in [2.24, 2.45) is 0 Å². The fourth-order valence-electron chi connectivity index (χ4n) is 1.30. The Morgan fingerprint density at radius 1 is 1.42 bits per heavy atom. The van der Waals surface area contributed by atoms with Crippen LogP contribution in [0.2, 0.25) is 0 Å². The van der Waals surface area contributed by atoms with E-state index in [0.29, 0.717) is 10.6 Å². The Labute approximate surface area is 110 Å². The van der Waals surface area contributed by atoms with E-state index in [2.05, 4.69) is 15.3 Å². The third-order valence-corrected chi connectivity index (χ3v) is 3.07. The van der Waals surface area contributed by atoms with Crippen molar-refractivity contribution < 1.29 is 14.7 Å². The van der Waals surface area contributed by atoms with Gasteiger partial charge in [-0.2, -0.15) is 0 Å². The van der Waals surface area contributed by atoms with Gasteiger partial charge in [0, 0.05) is 17.6 Å². The van der Waals surface area contributed by atoms with E-state index in [1.165, 1.54) is 23.7 Å². The fourth-order valence-corrected chi connectivity index (χ4v) is 2.01. The van der Waals surface area contributed by atoms with Crippen LogP contribution in [0.4, 0.5) is 0 Å². The van der Waals surface area contributed by atoms with Gasteiger partial charge in [-0.1, -0.05) is 0 Å². The molecule has 0 saturated carbocycles. The van der Waals surface area contributed by atoms with Crippen LogP contribution in [0, 0.1) is 0 Å². The van der Waals surface area contributed by atoms with Crippen LogP contribution >= 0.6 is 11.3 Å². The molecule has 2 rings (SSSR count). The van der Waals surface area contributed by atoms with Gasteiger partial charge in [0.1, 0.15) is 5.01 Å². The van der Waals surface area contributed by atoms with Gasteiger partial charge in [0.15, 0.2) is 5.69 Å². The molecule has 98 valence electrons. The largest absolute Gasteiger partial charge is 0.476 e. The molecule has 1 amide bonds. The van der Waals surface area contributed by atoms with E-state index in [9.17, 15) is 14.4 Å². The van der Waals surface area contributed by atoms with Crippen molar-refractivity contribution >= 4 is 23.2 Å². The fraction of sp³-hybridized carbons (Fsp3) is 0.0909. The highest BCUT2D eigenvalue weighted by Crippen LogP contribution is 2.09. The summed E-state index contributed by atoms with van der Waals surface area (Å²) in [7, 11) is 0. The molecule has 0 aliphatic rings. The number of thiazole rings is 1. The lowest BCUT2D eigenvalue weighted by atomic mass is 10.3. The Balaban J connectivity index is 1.98. The van der Waals surface area contributed by atoms with Crippen LogP contribution in [-0.4, -0.2) is 27.0 Å². The Hall–Kier alpha value is -2.48. The molecule has 0 aliphatic heterocycles. The van der Waals surface area contributed by atoms with Crippen molar-refractivity contribution in [1.82, 2.24) is 15.3 Å². The summed E-state index contributed by atoms with van der Waals surface area (Å²) in [5, 5.41) is 13.2. The predicted molar refractivity (Wildman–Crippen MR) is 67.3 cm³/mol. The number of H-pyrrole nitrogens is 1. The monoisotopic (exact) mass is 279 g/mol. The molecule has 0 unspecified atom stereocenters. The molecule has 2 heterocycles. The molecule has 7 nitrogen and oxygen atoms in total. The molecule has 0 fully saturated rings. The molecule has 8 heteroatoms.